The number of ether oxygens (including phenoxy) is 1. The number of nitrogens with zero attached hydrogens (tertiary/aromatic N) is 2. The normalized spacial score (nSPS) is 17.4. The summed E-state index contributed by atoms with van der Waals surface area (Å²) in [5.74, 6) is -0.605. The van der Waals surface area contributed by atoms with Gasteiger partial charge in [-0.15, -0.1) is 0 Å². The van der Waals surface area contributed by atoms with Crippen molar-refractivity contribution in [3.63, 3.8) is 0 Å². The number of anilines is 1. The summed E-state index contributed by atoms with van der Waals surface area (Å²) < 4.78 is 4.68. The molecule has 1 aliphatic rings. The minimum Gasteiger partial charge on any atom is -0.467 e. The van der Waals surface area contributed by atoms with Crippen LogP contribution in [0.25, 0.3) is 0 Å². The molecular formula is C15H16Cl2N4O4. The largest absolute Gasteiger partial charge is 0.467 e. The number of amidine groups is 1. The molecule has 3 amide bonds. The zero-order valence-electron chi connectivity index (χ0n) is 13.5. The van der Waals surface area contributed by atoms with Crippen molar-refractivity contribution in [3.05, 3.63) is 28.2 Å². The van der Waals surface area contributed by atoms with Gasteiger partial charge in [0, 0.05) is 12.1 Å². The van der Waals surface area contributed by atoms with Crippen molar-refractivity contribution in [2.75, 3.05) is 12.4 Å². The van der Waals surface area contributed by atoms with Crippen molar-refractivity contribution in [2.45, 2.75) is 25.8 Å². The molecule has 1 atom stereocenters. The van der Waals surface area contributed by atoms with Crippen molar-refractivity contribution in [1.82, 2.24) is 10.3 Å². The van der Waals surface area contributed by atoms with E-state index in [2.05, 4.69) is 20.6 Å². The van der Waals surface area contributed by atoms with Crippen LogP contribution < -0.4 is 10.7 Å². The molecule has 0 aliphatic carbocycles. The highest BCUT2D eigenvalue weighted by Gasteiger charge is 2.38. The lowest BCUT2D eigenvalue weighted by Gasteiger charge is -2.21. The Morgan fingerprint density at radius 1 is 1.32 bits per heavy atom. The lowest BCUT2D eigenvalue weighted by atomic mass is 10.2. The number of nitrogens with one attached hydrogen (secondary N) is 2. The van der Waals surface area contributed by atoms with E-state index in [0.717, 1.165) is 0 Å². The molecule has 1 saturated heterocycles. The van der Waals surface area contributed by atoms with E-state index in [9.17, 15) is 14.4 Å². The van der Waals surface area contributed by atoms with Crippen molar-refractivity contribution in [3.8, 4) is 0 Å². The molecule has 1 aromatic carbocycles. The summed E-state index contributed by atoms with van der Waals surface area (Å²) in [6.07, 6.45) is 0.552. The number of carbonyl (C=O) groups excluding carboxylic acids is 3. The maximum atomic E-state index is 11.9. The van der Waals surface area contributed by atoms with E-state index < -0.39 is 18.0 Å². The van der Waals surface area contributed by atoms with Gasteiger partial charge in [0.1, 0.15) is 11.9 Å². The number of halogens is 2. The van der Waals surface area contributed by atoms with Crippen LogP contribution in [0.2, 0.25) is 10.0 Å². The molecule has 2 N–H and O–H groups in total. The molecule has 1 aromatic rings. The van der Waals surface area contributed by atoms with Crippen LogP contribution >= 0.6 is 23.2 Å². The molecule has 1 unspecified atom stereocenters. The SMILES string of the molecule is COC(=O)C1CCC(=O)N1C(C)=NNC(=O)Nc1ccc(Cl)c(Cl)c1. The van der Waals surface area contributed by atoms with Gasteiger partial charge < -0.3 is 10.1 Å². The average Bonchev–Trinajstić information content (AvgIpc) is 2.97. The number of hydrogen-bond donors (Lipinski definition) is 2. The van der Waals surface area contributed by atoms with E-state index in [4.69, 9.17) is 23.2 Å². The first-order chi connectivity index (χ1) is 11.8. The van der Waals surface area contributed by atoms with Crippen LogP contribution in [0.4, 0.5) is 10.5 Å². The van der Waals surface area contributed by atoms with Gasteiger partial charge in [-0.1, -0.05) is 23.2 Å². The fourth-order valence-corrected chi connectivity index (χ4v) is 2.67. The molecule has 2 rings (SSSR count). The van der Waals surface area contributed by atoms with Crippen LogP contribution in [-0.2, 0) is 14.3 Å². The number of hydrazone groups is 1. The second-order valence-corrected chi connectivity index (χ2v) is 6.01. The first-order valence-corrected chi connectivity index (χ1v) is 8.05. The monoisotopic (exact) mass is 386 g/mol. The number of hydrogen-bond acceptors (Lipinski definition) is 5. The van der Waals surface area contributed by atoms with Crippen LogP contribution in [0.5, 0.6) is 0 Å². The Morgan fingerprint density at radius 3 is 2.68 bits per heavy atom. The maximum absolute atomic E-state index is 11.9. The van der Waals surface area contributed by atoms with Crippen LogP contribution in [0.3, 0.4) is 0 Å². The number of carbonyl (C=O) groups is 3. The van der Waals surface area contributed by atoms with Gasteiger partial charge in [-0.05, 0) is 31.5 Å². The summed E-state index contributed by atoms with van der Waals surface area (Å²) in [7, 11) is 1.25. The summed E-state index contributed by atoms with van der Waals surface area (Å²) in [5, 5.41) is 7.03. The van der Waals surface area contributed by atoms with E-state index in [1.54, 1.807) is 6.07 Å². The smallest absolute Gasteiger partial charge is 0.339 e. The third-order valence-electron chi connectivity index (χ3n) is 3.53. The molecule has 0 radical (unpaired) electrons. The highest BCUT2D eigenvalue weighted by Crippen LogP contribution is 2.25. The Hall–Kier alpha value is -2.32. The van der Waals surface area contributed by atoms with Gasteiger partial charge in [0.2, 0.25) is 5.91 Å². The summed E-state index contributed by atoms with van der Waals surface area (Å²) in [5.41, 5.74) is 2.68. The van der Waals surface area contributed by atoms with Crippen molar-refractivity contribution in [2.24, 2.45) is 5.10 Å². The first kappa shape index (κ1) is 19.0. The molecule has 8 nitrogen and oxygen atoms in total. The van der Waals surface area contributed by atoms with Gasteiger partial charge in [0.05, 0.1) is 17.2 Å². The summed E-state index contributed by atoms with van der Waals surface area (Å²) in [4.78, 5) is 36.7. The molecule has 0 spiro atoms. The average molecular weight is 387 g/mol. The molecule has 1 fully saturated rings. The third-order valence-corrected chi connectivity index (χ3v) is 4.27. The van der Waals surface area contributed by atoms with Crippen LogP contribution in [0, 0.1) is 0 Å². The molecule has 0 bridgehead atoms. The maximum Gasteiger partial charge on any atom is 0.339 e. The standard InChI is InChI=1S/C15H16Cl2N4O4/c1-8(21-12(14(23)25-2)5-6-13(21)22)19-20-15(24)18-9-3-4-10(16)11(17)7-9/h3-4,7,12H,5-6H2,1-2H3,(H2,18,20,24). The Balaban J connectivity index is 2.01. The van der Waals surface area contributed by atoms with E-state index in [1.807, 2.05) is 0 Å². The van der Waals surface area contributed by atoms with Crippen molar-refractivity contribution in [1.29, 1.82) is 0 Å². The second-order valence-electron chi connectivity index (χ2n) is 5.20. The molecular weight excluding hydrogens is 371 g/mol. The van der Waals surface area contributed by atoms with Gasteiger partial charge in [-0.2, -0.15) is 5.10 Å². The van der Waals surface area contributed by atoms with Crippen LogP contribution in [0.1, 0.15) is 19.8 Å². The number of esters is 1. The Bertz CT molecular complexity index is 738. The van der Waals surface area contributed by atoms with Gasteiger partial charge in [-0.25, -0.2) is 15.0 Å². The van der Waals surface area contributed by atoms with Gasteiger partial charge in [0.15, 0.2) is 0 Å². The van der Waals surface area contributed by atoms with Crippen LogP contribution in [-0.4, -0.2) is 41.8 Å². The molecule has 134 valence electrons. The molecule has 1 heterocycles. The Labute approximate surface area is 154 Å². The van der Waals surface area contributed by atoms with Gasteiger partial charge >= 0.3 is 12.0 Å². The van der Waals surface area contributed by atoms with E-state index in [1.165, 1.54) is 31.1 Å². The van der Waals surface area contributed by atoms with E-state index >= 15 is 0 Å². The fourth-order valence-electron chi connectivity index (χ4n) is 2.37. The Kier molecular flexibility index (Phi) is 6.22. The molecule has 0 saturated carbocycles. The quantitative estimate of drug-likeness (QED) is 0.360. The zero-order valence-corrected chi connectivity index (χ0v) is 15.0. The molecule has 0 aromatic heterocycles. The lowest BCUT2D eigenvalue weighted by Crippen LogP contribution is -2.43. The topological polar surface area (TPSA) is 100 Å². The highest BCUT2D eigenvalue weighted by molar-refractivity contribution is 6.42. The molecule has 25 heavy (non-hydrogen) atoms. The lowest BCUT2D eigenvalue weighted by molar-refractivity contribution is -0.146. The van der Waals surface area contributed by atoms with Gasteiger partial charge in [-0.3, -0.25) is 9.69 Å². The van der Waals surface area contributed by atoms with E-state index in [0.29, 0.717) is 22.2 Å². The molecule has 1 aliphatic heterocycles. The first-order valence-electron chi connectivity index (χ1n) is 7.29. The third kappa shape index (κ3) is 4.61. The zero-order chi connectivity index (χ0) is 18.6. The second kappa shape index (κ2) is 8.17. The molecule has 10 heteroatoms. The predicted octanol–water partition coefficient (Wildman–Crippen LogP) is 2.61. The van der Waals surface area contributed by atoms with E-state index in [-0.39, 0.29) is 18.2 Å². The minimum atomic E-state index is -0.735. The van der Waals surface area contributed by atoms with Crippen LogP contribution in [0.15, 0.2) is 23.3 Å². The number of benzene rings is 1. The van der Waals surface area contributed by atoms with Gasteiger partial charge in [0.25, 0.3) is 0 Å². The fraction of sp³-hybridized carbons (Fsp3) is 0.333. The number of urea groups is 1. The predicted molar refractivity (Wildman–Crippen MR) is 93.6 cm³/mol. The number of rotatable bonds is 3. The number of amides is 3. The van der Waals surface area contributed by atoms with Crippen molar-refractivity contribution >= 4 is 52.6 Å². The summed E-state index contributed by atoms with van der Waals surface area (Å²) >= 11 is 11.7. The summed E-state index contributed by atoms with van der Waals surface area (Å²) in [6, 6.07) is 3.22. The summed E-state index contributed by atoms with van der Waals surface area (Å²) in [6.45, 7) is 1.51. The number of likely N-dealkylation sites (tertiary alicyclic amines) is 1. The number of methoxy groups -OCH3 is 1. The Morgan fingerprint density at radius 2 is 2.04 bits per heavy atom. The highest BCUT2D eigenvalue weighted by atomic mass is 35.5. The minimum absolute atomic E-state index is 0.183. The van der Waals surface area contributed by atoms with Crippen molar-refractivity contribution < 1.29 is 19.1 Å².